The molecular formula is C12H10BrN3O2S. The van der Waals surface area contributed by atoms with Crippen LogP contribution in [-0.2, 0) is 9.59 Å². The Morgan fingerprint density at radius 1 is 1.26 bits per heavy atom. The number of anilines is 2. The summed E-state index contributed by atoms with van der Waals surface area (Å²) < 4.78 is 0.821. The lowest BCUT2D eigenvalue weighted by molar-refractivity contribution is -0.132. The van der Waals surface area contributed by atoms with E-state index >= 15 is 0 Å². The molecule has 0 fully saturated rings. The van der Waals surface area contributed by atoms with Crippen LogP contribution in [0.15, 0.2) is 34.1 Å². The molecule has 0 aliphatic carbocycles. The molecule has 0 atom stereocenters. The minimum absolute atomic E-state index is 0.409. The average molecular weight is 340 g/mol. The van der Waals surface area contributed by atoms with Crippen LogP contribution in [0.5, 0.6) is 0 Å². The van der Waals surface area contributed by atoms with Crippen molar-refractivity contribution in [3.8, 4) is 0 Å². The van der Waals surface area contributed by atoms with Crippen LogP contribution in [0.1, 0.15) is 5.69 Å². The highest BCUT2D eigenvalue weighted by atomic mass is 79.9. The van der Waals surface area contributed by atoms with Crippen LogP contribution in [0, 0.1) is 6.92 Å². The van der Waals surface area contributed by atoms with E-state index in [1.807, 2.05) is 13.0 Å². The molecule has 0 radical (unpaired) electrons. The van der Waals surface area contributed by atoms with Gasteiger partial charge in [-0.1, -0.05) is 22.0 Å². The van der Waals surface area contributed by atoms with E-state index in [2.05, 4.69) is 31.5 Å². The van der Waals surface area contributed by atoms with Gasteiger partial charge in [0.2, 0.25) is 0 Å². The summed E-state index contributed by atoms with van der Waals surface area (Å²) in [6.45, 7) is 1.81. The fourth-order valence-electron chi connectivity index (χ4n) is 1.32. The third-order valence-electron chi connectivity index (χ3n) is 2.13. The number of hydrogen-bond acceptors (Lipinski definition) is 4. The molecule has 0 unspecified atom stereocenters. The molecule has 0 saturated carbocycles. The van der Waals surface area contributed by atoms with Gasteiger partial charge in [-0.2, -0.15) is 0 Å². The minimum Gasteiger partial charge on any atom is -0.318 e. The SMILES string of the molecule is Cc1csc(NC(=O)C(=O)Nc2cccc(Br)c2)n1. The fraction of sp³-hybridized carbons (Fsp3) is 0.0833. The Morgan fingerprint density at radius 2 is 2.00 bits per heavy atom. The normalized spacial score (nSPS) is 10.0. The Balaban J connectivity index is 1.98. The van der Waals surface area contributed by atoms with E-state index in [9.17, 15) is 9.59 Å². The van der Waals surface area contributed by atoms with Gasteiger partial charge in [-0.15, -0.1) is 11.3 Å². The zero-order chi connectivity index (χ0) is 13.8. The predicted octanol–water partition coefficient (Wildman–Crippen LogP) is 2.79. The molecular weight excluding hydrogens is 330 g/mol. The van der Waals surface area contributed by atoms with Crippen molar-refractivity contribution < 1.29 is 9.59 Å². The Morgan fingerprint density at radius 3 is 2.63 bits per heavy atom. The Kier molecular flexibility index (Phi) is 4.28. The number of benzene rings is 1. The number of aryl methyl sites for hydroxylation is 1. The van der Waals surface area contributed by atoms with Crippen molar-refractivity contribution in [1.82, 2.24) is 4.98 Å². The Bertz CT molecular complexity index is 627. The van der Waals surface area contributed by atoms with Crippen LogP contribution in [0.4, 0.5) is 10.8 Å². The Labute approximate surface area is 122 Å². The van der Waals surface area contributed by atoms with Crippen molar-refractivity contribution in [2.24, 2.45) is 0 Å². The second-order valence-electron chi connectivity index (χ2n) is 3.71. The molecule has 2 rings (SSSR count). The third kappa shape index (κ3) is 3.87. The van der Waals surface area contributed by atoms with Gasteiger partial charge in [0.25, 0.3) is 0 Å². The zero-order valence-corrected chi connectivity index (χ0v) is 12.3. The first kappa shape index (κ1) is 13.7. The first-order valence-corrected chi connectivity index (χ1v) is 7.02. The lowest BCUT2D eigenvalue weighted by Crippen LogP contribution is -2.29. The maximum absolute atomic E-state index is 11.7. The van der Waals surface area contributed by atoms with Crippen LogP contribution in [0.3, 0.4) is 0 Å². The molecule has 7 heteroatoms. The molecule has 0 spiro atoms. The topological polar surface area (TPSA) is 71.1 Å². The van der Waals surface area contributed by atoms with Gasteiger partial charge in [-0.05, 0) is 25.1 Å². The van der Waals surface area contributed by atoms with Gasteiger partial charge < -0.3 is 5.32 Å². The van der Waals surface area contributed by atoms with Crippen molar-refractivity contribution in [3.05, 3.63) is 39.8 Å². The average Bonchev–Trinajstić information content (AvgIpc) is 2.74. The number of amides is 2. The van der Waals surface area contributed by atoms with Crippen LogP contribution < -0.4 is 10.6 Å². The summed E-state index contributed by atoms with van der Waals surface area (Å²) in [7, 11) is 0. The van der Waals surface area contributed by atoms with Crippen molar-refractivity contribution >= 4 is 49.9 Å². The van der Waals surface area contributed by atoms with Gasteiger partial charge in [-0.3, -0.25) is 14.9 Å². The van der Waals surface area contributed by atoms with Crippen LogP contribution in [0.25, 0.3) is 0 Å². The van der Waals surface area contributed by atoms with Crippen LogP contribution >= 0.6 is 27.3 Å². The highest BCUT2D eigenvalue weighted by molar-refractivity contribution is 9.10. The molecule has 19 heavy (non-hydrogen) atoms. The predicted molar refractivity (Wildman–Crippen MR) is 78.3 cm³/mol. The van der Waals surface area contributed by atoms with Crippen LogP contribution in [0.2, 0.25) is 0 Å². The second kappa shape index (κ2) is 5.94. The van der Waals surface area contributed by atoms with E-state index in [0.29, 0.717) is 10.8 Å². The summed E-state index contributed by atoms with van der Waals surface area (Å²) in [4.78, 5) is 27.4. The summed E-state index contributed by atoms with van der Waals surface area (Å²) in [5.41, 5.74) is 1.34. The largest absolute Gasteiger partial charge is 0.318 e. The van der Waals surface area contributed by atoms with E-state index in [1.165, 1.54) is 11.3 Å². The first-order chi connectivity index (χ1) is 9.04. The van der Waals surface area contributed by atoms with Gasteiger partial charge in [0.1, 0.15) is 0 Å². The molecule has 1 heterocycles. The van der Waals surface area contributed by atoms with Crippen molar-refractivity contribution in [1.29, 1.82) is 0 Å². The van der Waals surface area contributed by atoms with Crippen molar-refractivity contribution in [3.63, 3.8) is 0 Å². The molecule has 0 bridgehead atoms. The number of carbonyl (C=O) groups excluding carboxylic acids is 2. The van der Waals surface area contributed by atoms with E-state index in [0.717, 1.165) is 10.2 Å². The molecule has 0 aliphatic heterocycles. The summed E-state index contributed by atoms with van der Waals surface area (Å²) in [6.07, 6.45) is 0. The minimum atomic E-state index is -0.741. The number of nitrogens with one attached hydrogen (secondary N) is 2. The molecule has 0 saturated heterocycles. The molecule has 1 aromatic carbocycles. The lowest BCUT2D eigenvalue weighted by Gasteiger charge is -2.04. The molecule has 2 amide bonds. The molecule has 2 N–H and O–H groups in total. The van der Waals surface area contributed by atoms with Gasteiger partial charge in [0.15, 0.2) is 5.13 Å². The van der Waals surface area contributed by atoms with Gasteiger partial charge in [0.05, 0.1) is 5.69 Å². The highest BCUT2D eigenvalue weighted by Crippen LogP contribution is 2.16. The Hall–Kier alpha value is -1.73. The third-order valence-corrected chi connectivity index (χ3v) is 3.50. The van der Waals surface area contributed by atoms with E-state index in [-0.39, 0.29) is 0 Å². The number of thiazole rings is 1. The standard InChI is InChI=1S/C12H10BrN3O2S/c1-7-6-19-12(14-7)16-11(18)10(17)15-9-4-2-3-8(13)5-9/h2-6H,1H3,(H,15,17)(H,14,16,18). The van der Waals surface area contributed by atoms with E-state index in [1.54, 1.807) is 23.6 Å². The molecule has 2 aromatic rings. The highest BCUT2D eigenvalue weighted by Gasteiger charge is 2.15. The summed E-state index contributed by atoms with van der Waals surface area (Å²) in [5, 5.41) is 7.15. The van der Waals surface area contributed by atoms with Gasteiger partial charge in [0, 0.05) is 15.5 Å². The number of rotatable bonds is 2. The molecule has 0 aliphatic rings. The van der Waals surface area contributed by atoms with E-state index in [4.69, 9.17) is 0 Å². The fourth-order valence-corrected chi connectivity index (χ4v) is 2.40. The smallest absolute Gasteiger partial charge is 0.315 e. The molecule has 5 nitrogen and oxygen atoms in total. The number of hydrogen-bond donors (Lipinski definition) is 2. The number of aromatic nitrogens is 1. The summed E-state index contributed by atoms with van der Waals surface area (Å²) in [5.74, 6) is -1.47. The quantitative estimate of drug-likeness (QED) is 0.826. The maximum atomic E-state index is 11.7. The van der Waals surface area contributed by atoms with E-state index < -0.39 is 11.8 Å². The number of nitrogens with zero attached hydrogens (tertiary/aromatic N) is 1. The summed E-state index contributed by atoms with van der Waals surface area (Å²) in [6, 6.07) is 7.00. The van der Waals surface area contributed by atoms with Crippen molar-refractivity contribution in [2.45, 2.75) is 6.92 Å². The summed E-state index contributed by atoms with van der Waals surface area (Å²) >= 11 is 4.56. The van der Waals surface area contributed by atoms with Crippen molar-refractivity contribution in [2.75, 3.05) is 10.6 Å². The molecule has 98 valence electrons. The zero-order valence-electron chi connectivity index (χ0n) is 9.94. The molecule has 1 aromatic heterocycles. The number of halogens is 1. The van der Waals surface area contributed by atoms with Crippen LogP contribution in [-0.4, -0.2) is 16.8 Å². The first-order valence-electron chi connectivity index (χ1n) is 5.34. The number of carbonyl (C=O) groups is 2. The van der Waals surface area contributed by atoms with Gasteiger partial charge >= 0.3 is 11.8 Å². The van der Waals surface area contributed by atoms with Gasteiger partial charge in [-0.25, -0.2) is 4.98 Å². The maximum Gasteiger partial charge on any atom is 0.315 e. The lowest BCUT2D eigenvalue weighted by atomic mass is 10.3. The second-order valence-corrected chi connectivity index (χ2v) is 5.49. The monoisotopic (exact) mass is 339 g/mol.